The van der Waals surface area contributed by atoms with Crippen molar-refractivity contribution in [1.82, 2.24) is 4.98 Å². The number of hydrogen-bond acceptors (Lipinski definition) is 5. The van der Waals surface area contributed by atoms with E-state index in [1.54, 1.807) is 17.5 Å². The summed E-state index contributed by atoms with van der Waals surface area (Å²) in [5.41, 5.74) is 1.26. The lowest BCUT2D eigenvalue weighted by atomic mass is 9.95. The van der Waals surface area contributed by atoms with Crippen LogP contribution >= 0.6 is 23.3 Å². The number of aromatic nitrogens is 1. The van der Waals surface area contributed by atoms with Gasteiger partial charge in [-0.15, -0.1) is 11.3 Å². The minimum absolute atomic E-state index is 0.268. The number of aliphatic hydroxyl groups excluding tert-OH is 1. The van der Waals surface area contributed by atoms with E-state index in [0.29, 0.717) is 5.92 Å². The molecule has 0 saturated heterocycles. The van der Waals surface area contributed by atoms with Crippen molar-refractivity contribution in [3.05, 3.63) is 47.5 Å². The van der Waals surface area contributed by atoms with Crippen molar-refractivity contribution in [2.45, 2.75) is 36.4 Å². The second-order valence-corrected chi connectivity index (χ2v) is 6.12. The number of thiazole rings is 1. The van der Waals surface area contributed by atoms with Crippen LogP contribution in [0, 0.1) is 0 Å². The summed E-state index contributed by atoms with van der Waals surface area (Å²) in [7, 11) is 0. The van der Waals surface area contributed by atoms with Crippen LogP contribution in [0.2, 0.25) is 0 Å². The van der Waals surface area contributed by atoms with Crippen LogP contribution in [0.1, 0.15) is 37.7 Å². The number of rotatable bonds is 6. The molecule has 0 aliphatic carbocycles. The molecule has 0 radical (unpaired) electrons. The molecule has 0 fully saturated rings. The molecule has 0 amide bonds. The molecule has 1 aromatic carbocycles. The van der Waals surface area contributed by atoms with E-state index in [2.05, 4.69) is 24.0 Å². The Morgan fingerprint density at radius 2 is 2.10 bits per heavy atom. The second kappa shape index (κ2) is 10.9. The SMILES string of the molecule is CCCCC(CO)c1ccccc1.NSc1nccs1. The predicted molar refractivity (Wildman–Crippen MR) is 88.0 cm³/mol. The highest BCUT2D eigenvalue weighted by Crippen LogP contribution is 2.20. The maximum atomic E-state index is 9.21. The molecule has 0 bridgehead atoms. The molecule has 1 unspecified atom stereocenters. The van der Waals surface area contributed by atoms with Gasteiger partial charge in [-0.25, -0.2) is 4.98 Å². The topological polar surface area (TPSA) is 59.1 Å². The van der Waals surface area contributed by atoms with Crippen LogP contribution in [0.5, 0.6) is 0 Å². The Balaban J connectivity index is 0.000000240. The minimum Gasteiger partial charge on any atom is -0.396 e. The highest BCUT2D eigenvalue weighted by Gasteiger charge is 2.08. The number of aliphatic hydroxyl groups is 1. The smallest absolute Gasteiger partial charge is 0.164 e. The van der Waals surface area contributed by atoms with Crippen molar-refractivity contribution >= 4 is 23.3 Å². The van der Waals surface area contributed by atoms with Crippen molar-refractivity contribution in [3.63, 3.8) is 0 Å². The molecule has 0 aliphatic heterocycles. The van der Waals surface area contributed by atoms with E-state index < -0.39 is 0 Å². The van der Waals surface area contributed by atoms with Crippen LogP contribution in [0.25, 0.3) is 0 Å². The molecule has 1 heterocycles. The highest BCUT2D eigenvalue weighted by molar-refractivity contribution is 7.98. The van der Waals surface area contributed by atoms with E-state index in [1.165, 1.54) is 30.4 Å². The second-order valence-electron chi connectivity index (χ2n) is 4.35. The Morgan fingerprint density at radius 3 is 2.55 bits per heavy atom. The van der Waals surface area contributed by atoms with Gasteiger partial charge in [0.25, 0.3) is 0 Å². The monoisotopic (exact) mass is 310 g/mol. The normalized spacial score (nSPS) is 11.6. The molecule has 0 aliphatic rings. The zero-order valence-corrected chi connectivity index (χ0v) is 13.4. The van der Waals surface area contributed by atoms with Crippen molar-refractivity contribution < 1.29 is 5.11 Å². The summed E-state index contributed by atoms with van der Waals surface area (Å²) >= 11 is 2.73. The summed E-state index contributed by atoms with van der Waals surface area (Å²) < 4.78 is 0.917. The Morgan fingerprint density at radius 1 is 1.35 bits per heavy atom. The lowest BCUT2D eigenvalue weighted by Crippen LogP contribution is -2.03. The average Bonchev–Trinajstić information content (AvgIpc) is 3.03. The molecule has 3 nitrogen and oxygen atoms in total. The van der Waals surface area contributed by atoms with Crippen molar-refractivity contribution in [2.75, 3.05) is 6.61 Å². The largest absolute Gasteiger partial charge is 0.396 e. The summed E-state index contributed by atoms with van der Waals surface area (Å²) in [4.78, 5) is 3.89. The van der Waals surface area contributed by atoms with Gasteiger partial charge in [0.2, 0.25) is 0 Å². The van der Waals surface area contributed by atoms with E-state index in [4.69, 9.17) is 5.14 Å². The molecular formula is C15H22N2OS2. The molecule has 3 N–H and O–H groups in total. The van der Waals surface area contributed by atoms with Crippen LogP contribution in [-0.2, 0) is 0 Å². The average molecular weight is 310 g/mol. The van der Waals surface area contributed by atoms with Crippen LogP contribution < -0.4 is 5.14 Å². The zero-order valence-electron chi connectivity index (χ0n) is 11.7. The Labute approximate surface area is 129 Å². The van der Waals surface area contributed by atoms with E-state index in [9.17, 15) is 5.11 Å². The molecule has 5 heteroatoms. The Kier molecular flexibility index (Phi) is 9.32. The molecular weight excluding hydrogens is 288 g/mol. The van der Waals surface area contributed by atoms with Crippen LogP contribution in [-0.4, -0.2) is 16.7 Å². The van der Waals surface area contributed by atoms with Crippen molar-refractivity contribution in [3.8, 4) is 0 Å². The number of unbranched alkanes of at least 4 members (excludes halogenated alkanes) is 1. The van der Waals surface area contributed by atoms with E-state index in [-0.39, 0.29) is 6.61 Å². The van der Waals surface area contributed by atoms with Crippen LogP contribution in [0.4, 0.5) is 0 Å². The maximum absolute atomic E-state index is 9.21. The lowest BCUT2D eigenvalue weighted by molar-refractivity contribution is 0.257. The van der Waals surface area contributed by atoms with Gasteiger partial charge < -0.3 is 5.11 Å². The summed E-state index contributed by atoms with van der Waals surface area (Å²) in [5, 5.41) is 16.3. The highest BCUT2D eigenvalue weighted by atomic mass is 32.2. The van der Waals surface area contributed by atoms with E-state index in [0.717, 1.165) is 10.8 Å². The van der Waals surface area contributed by atoms with Gasteiger partial charge in [-0.2, -0.15) is 0 Å². The molecule has 20 heavy (non-hydrogen) atoms. The maximum Gasteiger partial charge on any atom is 0.164 e. The molecule has 2 aromatic rings. The van der Waals surface area contributed by atoms with Gasteiger partial charge in [0.05, 0.1) is 0 Å². The minimum atomic E-state index is 0.268. The van der Waals surface area contributed by atoms with Gasteiger partial charge >= 0.3 is 0 Å². The number of hydrogen-bond donors (Lipinski definition) is 2. The van der Waals surface area contributed by atoms with Gasteiger partial charge in [-0.1, -0.05) is 50.1 Å². The first-order valence-corrected chi connectivity index (χ1v) is 8.49. The lowest BCUT2D eigenvalue weighted by Gasteiger charge is -2.13. The molecule has 0 spiro atoms. The third-order valence-electron chi connectivity index (χ3n) is 2.91. The molecule has 0 saturated carbocycles. The third kappa shape index (κ3) is 6.52. The first-order valence-electron chi connectivity index (χ1n) is 6.73. The van der Waals surface area contributed by atoms with Crippen LogP contribution in [0.15, 0.2) is 46.2 Å². The first kappa shape index (κ1) is 17.2. The summed E-state index contributed by atoms with van der Waals surface area (Å²) in [6.45, 7) is 2.45. The van der Waals surface area contributed by atoms with Gasteiger partial charge in [-0.3, -0.25) is 5.14 Å². The third-order valence-corrected chi connectivity index (χ3v) is 4.36. The van der Waals surface area contributed by atoms with Gasteiger partial charge in [0.15, 0.2) is 4.34 Å². The van der Waals surface area contributed by atoms with Gasteiger partial charge in [-0.05, 0) is 23.9 Å². The summed E-state index contributed by atoms with van der Waals surface area (Å²) in [5.74, 6) is 0.334. The van der Waals surface area contributed by atoms with Crippen molar-refractivity contribution in [1.29, 1.82) is 0 Å². The zero-order chi connectivity index (χ0) is 14.6. The van der Waals surface area contributed by atoms with E-state index >= 15 is 0 Å². The first-order chi connectivity index (χ1) is 9.81. The van der Waals surface area contributed by atoms with Crippen molar-refractivity contribution in [2.24, 2.45) is 5.14 Å². The quantitative estimate of drug-likeness (QED) is 0.790. The summed E-state index contributed by atoms with van der Waals surface area (Å²) in [6.07, 6.45) is 5.22. The molecule has 2 rings (SSSR count). The van der Waals surface area contributed by atoms with E-state index in [1.807, 2.05) is 23.6 Å². The molecule has 1 aromatic heterocycles. The number of benzene rings is 1. The van der Waals surface area contributed by atoms with Gasteiger partial charge in [0.1, 0.15) is 0 Å². The number of nitrogens with zero attached hydrogens (tertiary/aromatic N) is 1. The van der Waals surface area contributed by atoms with Gasteiger partial charge in [0, 0.05) is 24.1 Å². The van der Waals surface area contributed by atoms with Crippen LogP contribution in [0.3, 0.4) is 0 Å². The molecule has 1 atom stereocenters. The fourth-order valence-corrected chi connectivity index (χ4v) is 2.68. The Hall–Kier alpha value is -0.880. The molecule has 110 valence electrons. The Bertz CT molecular complexity index is 434. The predicted octanol–water partition coefficient (Wildman–Crippen LogP) is 4.06. The fraction of sp³-hybridized carbons (Fsp3) is 0.400. The fourth-order valence-electron chi connectivity index (χ4n) is 1.81. The summed E-state index contributed by atoms with van der Waals surface area (Å²) in [6, 6.07) is 10.3. The standard InChI is InChI=1S/C12H18O.C3H4N2S2/c1-2-3-7-12(10-13)11-8-5-4-6-9-11;4-7-3-5-1-2-6-3/h4-6,8-9,12-13H,2-3,7,10H2,1H3;1-2H,4H2. The number of nitrogens with two attached hydrogens (primary N) is 1.